The molecule has 1 unspecified atom stereocenters. The molecule has 1 amide bonds. The van der Waals surface area contributed by atoms with Gasteiger partial charge in [0.1, 0.15) is 18.1 Å². The summed E-state index contributed by atoms with van der Waals surface area (Å²) in [4.78, 5) is 45.0. The summed E-state index contributed by atoms with van der Waals surface area (Å²) in [6.45, 7) is 7.48. The molecular formula is C32H28N2O5S. The van der Waals surface area contributed by atoms with E-state index >= 15 is 0 Å². The second-order valence-corrected chi connectivity index (χ2v) is 10.8. The van der Waals surface area contributed by atoms with Crippen molar-refractivity contribution in [3.8, 4) is 5.75 Å². The number of aliphatic hydroxyl groups is 1. The largest absolute Gasteiger partial charge is 0.507 e. The number of carbonyl (C=O) groups is 3. The van der Waals surface area contributed by atoms with E-state index in [1.165, 1.54) is 11.8 Å². The lowest BCUT2D eigenvalue weighted by Crippen LogP contribution is -2.29. The molecule has 0 bridgehead atoms. The van der Waals surface area contributed by atoms with Gasteiger partial charge in [-0.2, -0.15) is 0 Å². The lowest BCUT2D eigenvalue weighted by Gasteiger charge is -2.23. The molecule has 1 N–H and O–H groups in total. The number of anilines is 1. The molecule has 1 aliphatic heterocycles. The number of ketones is 2. The van der Waals surface area contributed by atoms with E-state index in [-0.39, 0.29) is 22.2 Å². The summed E-state index contributed by atoms with van der Waals surface area (Å²) in [6, 6.07) is 21.2. The number of hydrogen-bond acceptors (Lipinski definition) is 7. The van der Waals surface area contributed by atoms with E-state index in [4.69, 9.17) is 4.74 Å². The number of hydrogen-bond donors (Lipinski definition) is 1. The second kappa shape index (κ2) is 10.9. The predicted molar refractivity (Wildman–Crippen MR) is 155 cm³/mol. The van der Waals surface area contributed by atoms with Crippen molar-refractivity contribution in [2.24, 2.45) is 0 Å². The first-order chi connectivity index (χ1) is 19.2. The minimum Gasteiger partial charge on any atom is -0.507 e. The van der Waals surface area contributed by atoms with Crippen molar-refractivity contribution >= 4 is 39.7 Å². The Kier molecular flexibility index (Phi) is 7.36. The molecule has 0 spiro atoms. The van der Waals surface area contributed by atoms with Crippen LogP contribution in [0.2, 0.25) is 0 Å². The van der Waals surface area contributed by atoms with Crippen LogP contribution >= 0.6 is 11.3 Å². The summed E-state index contributed by atoms with van der Waals surface area (Å²) >= 11 is 1.06. The van der Waals surface area contributed by atoms with E-state index in [0.717, 1.165) is 28.0 Å². The third-order valence-electron chi connectivity index (χ3n) is 6.93. The summed E-state index contributed by atoms with van der Waals surface area (Å²) in [6.07, 6.45) is 0. The molecule has 4 aromatic rings. The van der Waals surface area contributed by atoms with Crippen LogP contribution in [0.25, 0.3) is 5.76 Å². The second-order valence-electron chi connectivity index (χ2n) is 9.79. The van der Waals surface area contributed by atoms with Gasteiger partial charge in [-0.25, -0.2) is 4.98 Å². The van der Waals surface area contributed by atoms with Crippen LogP contribution in [-0.2, 0) is 16.2 Å². The van der Waals surface area contributed by atoms with Crippen LogP contribution in [0.5, 0.6) is 5.75 Å². The van der Waals surface area contributed by atoms with E-state index in [1.54, 1.807) is 31.2 Å². The number of thiazole rings is 1. The maximum absolute atomic E-state index is 13.4. The van der Waals surface area contributed by atoms with Crippen molar-refractivity contribution in [1.29, 1.82) is 0 Å². The van der Waals surface area contributed by atoms with Gasteiger partial charge in [0, 0.05) is 12.5 Å². The Labute approximate surface area is 236 Å². The Morgan fingerprint density at radius 2 is 1.65 bits per heavy atom. The molecule has 3 aromatic carbocycles. The summed E-state index contributed by atoms with van der Waals surface area (Å²) < 4.78 is 5.92. The first-order valence-electron chi connectivity index (χ1n) is 12.8. The van der Waals surface area contributed by atoms with Crippen LogP contribution < -0.4 is 9.64 Å². The molecule has 0 aliphatic carbocycles. The maximum Gasteiger partial charge on any atom is 0.301 e. The molecule has 2 heterocycles. The zero-order valence-corrected chi connectivity index (χ0v) is 23.4. The zero-order chi connectivity index (χ0) is 28.6. The number of aromatic nitrogens is 1. The number of nitrogens with zero attached hydrogens (tertiary/aromatic N) is 2. The van der Waals surface area contributed by atoms with Crippen molar-refractivity contribution in [2.75, 3.05) is 4.90 Å². The first kappa shape index (κ1) is 27.0. The Hall–Kier alpha value is -4.56. The molecule has 8 heteroatoms. The molecule has 1 aromatic heterocycles. The Bertz CT molecular complexity index is 1650. The summed E-state index contributed by atoms with van der Waals surface area (Å²) in [5, 5.41) is 11.6. The van der Waals surface area contributed by atoms with Gasteiger partial charge in [0.2, 0.25) is 0 Å². The lowest BCUT2D eigenvalue weighted by atomic mass is 9.95. The smallest absolute Gasteiger partial charge is 0.301 e. The van der Waals surface area contributed by atoms with Gasteiger partial charge in [0.15, 0.2) is 10.9 Å². The molecule has 0 radical (unpaired) electrons. The van der Waals surface area contributed by atoms with Gasteiger partial charge < -0.3 is 9.84 Å². The van der Waals surface area contributed by atoms with E-state index in [1.807, 2.05) is 62.4 Å². The minimum atomic E-state index is -0.914. The highest BCUT2D eigenvalue weighted by Crippen LogP contribution is 2.44. The molecule has 1 aliphatic rings. The SMILES string of the molecule is CC(=O)c1sc(N2C(=O)C(=O)/C(=C(/O)c3ccc(OCc4ccccc4C)cc3)C2c2ccc(C)cc2)nc1C. The highest BCUT2D eigenvalue weighted by molar-refractivity contribution is 7.18. The highest BCUT2D eigenvalue weighted by atomic mass is 32.1. The van der Waals surface area contributed by atoms with Gasteiger partial charge in [0.25, 0.3) is 5.78 Å². The number of amides is 1. The third-order valence-corrected chi connectivity index (χ3v) is 8.19. The lowest BCUT2D eigenvalue weighted by molar-refractivity contribution is -0.132. The third kappa shape index (κ3) is 5.05. The molecule has 7 nitrogen and oxygen atoms in total. The average Bonchev–Trinajstić information content (AvgIpc) is 3.45. The number of aryl methyl sites for hydroxylation is 3. The molecular weight excluding hydrogens is 524 g/mol. The van der Waals surface area contributed by atoms with Crippen LogP contribution in [0, 0.1) is 20.8 Å². The number of benzene rings is 3. The van der Waals surface area contributed by atoms with Crippen LogP contribution in [0.1, 0.15) is 56.1 Å². The van der Waals surface area contributed by atoms with Crippen LogP contribution in [0.15, 0.2) is 78.4 Å². The average molecular weight is 553 g/mol. The van der Waals surface area contributed by atoms with Gasteiger partial charge in [-0.1, -0.05) is 65.4 Å². The molecule has 5 rings (SSSR count). The molecule has 1 saturated heterocycles. The van der Waals surface area contributed by atoms with Crippen LogP contribution in [-0.4, -0.2) is 27.6 Å². The Morgan fingerprint density at radius 1 is 0.975 bits per heavy atom. The van der Waals surface area contributed by atoms with E-state index < -0.39 is 17.7 Å². The van der Waals surface area contributed by atoms with Gasteiger partial charge >= 0.3 is 5.91 Å². The van der Waals surface area contributed by atoms with Crippen molar-refractivity contribution < 1.29 is 24.2 Å². The first-order valence-corrected chi connectivity index (χ1v) is 13.6. The van der Waals surface area contributed by atoms with Crippen molar-refractivity contribution in [1.82, 2.24) is 4.98 Å². The fraction of sp³-hybridized carbons (Fsp3) is 0.188. The fourth-order valence-electron chi connectivity index (χ4n) is 4.70. The minimum absolute atomic E-state index is 0.0420. The summed E-state index contributed by atoms with van der Waals surface area (Å²) in [5.74, 6) is -1.49. The highest BCUT2D eigenvalue weighted by Gasteiger charge is 2.48. The van der Waals surface area contributed by atoms with E-state index in [9.17, 15) is 19.5 Å². The van der Waals surface area contributed by atoms with Crippen LogP contribution in [0.3, 0.4) is 0 Å². The molecule has 1 fully saturated rings. The summed E-state index contributed by atoms with van der Waals surface area (Å²) in [5.41, 5.74) is 4.66. The number of rotatable bonds is 7. The monoisotopic (exact) mass is 552 g/mol. The Balaban J connectivity index is 1.53. The predicted octanol–water partition coefficient (Wildman–Crippen LogP) is 6.48. The van der Waals surface area contributed by atoms with Crippen molar-refractivity contribution in [3.63, 3.8) is 0 Å². The zero-order valence-electron chi connectivity index (χ0n) is 22.6. The fourth-order valence-corrected chi connectivity index (χ4v) is 5.69. The maximum atomic E-state index is 13.4. The molecule has 202 valence electrons. The normalized spacial score (nSPS) is 16.4. The van der Waals surface area contributed by atoms with E-state index in [0.29, 0.717) is 34.1 Å². The summed E-state index contributed by atoms with van der Waals surface area (Å²) in [7, 11) is 0. The van der Waals surface area contributed by atoms with Crippen molar-refractivity contribution in [3.05, 3.63) is 117 Å². The van der Waals surface area contributed by atoms with E-state index in [2.05, 4.69) is 4.98 Å². The van der Waals surface area contributed by atoms with Crippen LogP contribution in [0.4, 0.5) is 5.13 Å². The quantitative estimate of drug-likeness (QED) is 0.122. The molecule has 40 heavy (non-hydrogen) atoms. The van der Waals surface area contributed by atoms with Gasteiger partial charge in [-0.3, -0.25) is 19.3 Å². The van der Waals surface area contributed by atoms with Gasteiger partial charge in [-0.15, -0.1) is 0 Å². The Morgan fingerprint density at radius 3 is 2.27 bits per heavy atom. The number of carbonyl (C=O) groups excluding carboxylic acids is 3. The van der Waals surface area contributed by atoms with Gasteiger partial charge in [-0.05, 0) is 61.7 Å². The standard InChI is InChI=1S/C32H28N2O5S/c1-18-9-11-22(12-10-18)27-26(29(37)31(38)34(27)32-33-20(3)30(40-32)21(4)35)28(36)23-13-15-25(16-14-23)39-17-24-8-6-5-7-19(24)2/h5-16,27,36H,17H2,1-4H3/b28-26+. The number of aliphatic hydroxyl groups excluding tert-OH is 1. The molecule has 1 atom stereocenters. The molecule has 0 saturated carbocycles. The number of ether oxygens (including phenoxy) is 1. The number of Topliss-reactive ketones (excluding diaryl/α,β-unsaturated/α-hetero) is 2. The van der Waals surface area contributed by atoms with Gasteiger partial charge in [0.05, 0.1) is 22.2 Å². The van der Waals surface area contributed by atoms with Crippen molar-refractivity contribution in [2.45, 2.75) is 40.3 Å². The topological polar surface area (TPSA) is 96.8 Å².